The maximum Gasteiger partial charge on any atom is 0.337 e. The smallest absolute Gasteiger partial charge is 0.337 e. The van der Waals surface area contributed by atoms with Gasteiger partial charge in [-0.3, -0.25) is 15.0 Å². The summed E-state index contributed by atoms with van der Waals surface area (Å²) in [6.07, 6.45) is 0. The first kappa shape index (κ1) is 21.1. The van der Waals surface area contributed by atoms with Crippen molar-refractivity contribution >= 4 is 34.7 Å². The van der Waals surface area contributed by atoms with Gasteiger partial charge in [-0.25, -0.2) is 4.79 Å². The highest BCUT2D eigenvalue weighted by Crippen LogP contribution is 2.37. The predicted molar refractivity (Wildman–Crippen MR) is 113 cm³/mol. The fourth-order valence-corrected chi connectivity index (χ4v) is 3.64. The zero-order chi connectivity index (χ0) is 22.0. The van der Waals surface area contributed by atoms with Gasteiger partial charge in [0.05, 0.1) is 30.8 Å². The fraction of sp³-hybridized carbons (Fsp3) is 0.200. The van der Waals surface area contributed by atoms with Gasteiger partial charge in [0, 0.05) is 17.5 Å². The van der Waals surface area contributed by atoms with E-state index in [2.05, 4.69) is 5.32 Å². The summed E-state index contributed by atoms with van der Waals surface area (Å²) < 4.78 is 10.1. The number of anilines is 1. The third-order valence-corrected chi connectivity index (χ3v) is 5.05. The van der Waals surface area contributed by atoms with Crippen molar-refractivity contribution in [3.8, 4) is 11.5 Å². The molecule has 0 amide bonds. The fourth-order valence-electron chi connectivity index (χ4n) is 3.28. The number of hydrogen-bond acceptors (Lipinski definition) is 7. The van der Waals surface area contributed by atoms with E-state index >= 15 is 0 Å². The Hall–Kier alpha value is -3.66. The standard InChI is InChI=1S/C20H19N3O6S/c1-11-17(19(25)29-3)18(12-4-9-16(24)15(10-12)23(26)27)21-20(30)22(11)13-5-7-14(28-2)8-6-13/h4-10,18,24H,1-3H3,(H,21,30). The van der Waals surface area contributed by atoms with Crippen molar-refractivity contribution in [3.63, 3.8) is 0 Å². The number of esters is 1. The van der Waals surface area contributed by atoms with E-state index in [9.17, 15) is 20.0 Å². The summed E-state index contributed by atoms with van der Waals surface area (Å²) in [5, 5.41) is 24.3. The minimum Gasteiger partial charge on any atom is -0.502 e. The van der Waals surface area contributed by atoms with Crippen LogP contribution in [-0.4, -0.2) is 35.3 Å². The Bertz CT molecular complexity index is 1050. The molecule has 0 spiro atoms. The van der Waals surface area contributed by atoms with E-state index in [1.165, 1.54) is 25.3 Å². The molecule has 2 N–H and O–H groups in total. The molecule has 30 heavy (non-hydrogen) atoms. The van der Waals surface area contributed by atoms with Crippen LogP contribution in [0.5, 0.6) is 11.5 Å². The van der Waals surface area contributed by atoms with Gasteiger partial charge in [-0.15, -0.1) is 0 Å². The van der Waals surface area contributed by atoms with Gasteiger partial charge in [-0.1, -0.05) is 6.07 Å². The molecule has 1 heterocycles. The first-order chi connectivity index (χ1) is 14.3. The average Bonchev–Trinajstić information content (AvgIpc) is 2.73. The molecule has 156 valence electrons. The van der Waals surface area contributed by atoms with Crippen molar-refractivity contribution in [2.45, 2.75) is 13.0 Å². The number of carbonyl (C=O) groups excluding carboxylic acids is 1. The second-order valence-electron chi connectivity index (χ2n) is 6.41. The lowest BCUT2D eigenvalue weighted by Gasteiger charge is -2.37. The molecule has 2 aromatic rings. The Morgan fingerprint density at radius 3 is 2.47 bits per heavy atom. The van der Waals surface area contributed by atoms with Crippen LogP contribution in [0.2, 0.25) is 0 Å². The molecule has 1 aliphatic rings. The second kappa shape index (κ2) is 8.37. The van der Waals surface area contributed by atoms with E-state index in [0.717, 1.165) is 0 Å². The zero-order valence-electron chi connectivity index (χ0n) is 16.4. The summed E-state index contributed by atoms with van der Waals surface area (Å²) >= 11 is 5.52. The summed E-state index contributed by atoms with van der Waals surface area (Å²) in [5.74, 6) is -0.414. The van der Waals surface area contributed by atoms with Crippen LogP contribution < -0.4 is 15.0 Å². The number of phenolic OH excluding ortho intramolecular Hbond substituents is 1. The van der Waals surface area contributed by atoms with E-state index < -0.39 is 28.4 Å². The SMILES string of the molecule is COC(=O)C1=C(C)N(c2ccc(OC)cc2)C(=S)NC1c1ccc(O)c([N+](=O)[O-])c1. The molecule has 9 nitrogen and oxygen atoms in total. The zero-order valence-corrected chi connectivity index (χ0v) is 17.2. The largest absolute Gasteiger partial charge is 0.502 e. The first-order valence-electron chi connectivity index (χ1n) is 8.79. The molecular weight excluding hydrogens is 410 g/mol. The summed E-state index contributed by atoms with van der Waals surface area (Å²) in [5.41, 5.74) is 1.36. The van der Waals surface area contributed by atoms with Crippen LogP contribution in [0, 0.1) is 10.1 Å². The van der Waals surface area contributed by atoms with Crippen LogP contribution >= 0.6 is 12.2 Å². The monoisotopic (exact) mass is 429 g/mol. The van der Waals surface area contributed by atoms with Crippen LogP contribution in [0.1, 0.15) is 18.5 Å². The van der Waals surface area contributed by atoms with Gasteiger partial charge in [0.25, 0.3) is 0 Å². The lowest BCUT2D eigenvalue weighted by atomic mass is 9.94. The van der Waals surface area contributed by atoms with Crippen LogP contribution in [0.3, 0.4) is 0 Å². The summed E-state index contributed by atoms with van der Waals surface area (Å²) in [7, 11) is 2.81. The predicted octanol–water partition coefficient (Wildman–Crippen LogP) is 3.19. The normalized spacial score (nSPS) is 16.2. The molecule has 1 atom stereocenters. The topological polar surface area (TPSA) is 114 Å². The van der Waals surface area contributed by atoms with Crippen molar-refractivity contribution in [2.75, 3.05) is 19.1 Å². The number of hydrogen-bond donors (Lipinski definition) is 2. The molecule has 1 aliphatic heterocycles. The van der Waals surface area contributed by atoms with E-state index in [1.54, 1.807) is 43.2 Å². The van der Waals surface area contributed by atoms with Crippen LogP contribution in [0.4, 0.5) is 11.4 Å². The number of phenols is 1. The van der Waals surface area contributed by atoms with Gasteiger partial charge in [0.1, 0.15) is 5.75 Å². The molecule has 0 aliphatic carbocycles. The van der Waals surface area contributed by atoms with Crippen molar-refractivity contribution in [1.29, 1.82) is 0 Å². The highest BCUT2D eigenvalue weighted by atomic mass is 32.1. The molecule has 0 fully saturated rings. The molecule has 2 aromatic carbocycles. The van der Waals surface area contributed by atoms with Crippen molar-refractivity contribution < 1.29 is 24.3 Å². The Morgan fingerprint density at radius 1 is 1.23 bits per heavy atom. The lowest BCUT2D eigenvalue weighted by molar-refractivity contribution is -0.385. The number of nitrogens with one attached hydrogen (secondary N) is 1. The summed E-state index contributed by atoms with van der Waals surface area (Å²) in [6.45, 7) is 1.71. The van der Waals surface area contributed by atoms with Gasteiger partial charge in [0.2, 0.25) is 0 Å². The van der Waals surface area contributed by atoms with E-state index in [-0.39, 0.29) is 5.57 Å². The van der Waals surface area contributed by atoms with Crippen molar-refractivity contribution in [3.05, 3.63) is 69.4 Å². The van der Waals surface area contributed by atoms with Gasteiger partial charge in [-0.05, 0) is 55.0 Å². The highest BCUT2D eigenvalue weighted by Gasteiger charge is 2.36. The number of aromatic hydroxyl groups is 1. The molecule has 10 heteroatoms. The number of methoxy groups -OCH3 is 2. The summed E-state index contributed by atoms with van der Waals surface area (Å²) in [6, 6.07) is 10.2. The van der Waals surface area contributed by atoms with E-state index in [0.29, 0.717) is 27.8 Å². The second-order valence-corrected chi connectivity index (χ2v) is 6.80. The number of nitro benzene ring substituents is 1. The Kier molecular flexibility index (Phi) is 5.88. The average molecular weight is 429 g/mol. The molecule has 0 aromatic heterocycles. The highest BCUT2D eigenvalue weighted by molar-refractivity contribution is 7.80. The van der Waals surface area contributed by atoms with Gasteiger partial charge < -0.3 is 19.9 Å². The minimum atomic E-state index is -0.793. The molecule has 0 saturated carbocycles. The molecule has 0 bridgehead atoms. The quantitative estimate of drug-likeness (QED) is 0.320. The number of ether oxygens (including phenoxy) is 2. The number of benzene rings is 2. The Balaban J connectivity index is 2.13. The number of nitrogens with zero attached hydrogens (tertiary/aromatic N) is 2. The third kappa shape index (κ3) is 3.77. The van der Waals surface area contributed by atoms with Crippen LogP contribution in [0.15, 0.2) is 53.7 Å². The van der Waals surface area contributed by atoms with Crippen LogP contribution in [0.25, 0.3) is 0 Å². The number of carbonyl (C=O) groups is 1. The first-order valence-corrected chi connectivity index (χ1v) is 9.20. The third-order valence-electron chi connectivity index (χ3n) is 4.75. The van der Waals surface area contributed by atoms with Gasteiger partial charge >= 0.3 is 11.7 Å². The maximum atomic E-state index is 12.6. The Labute approximate surface area is 177 Å². The number of allylic oxidation sites excluding steroid dienone is 1. The molecule has 1 unspecified atom stereocenters. The molecular formula is C20H19N3O6S. The lowest BCUT2D eigenvalue weighted by Crippen LogP contribution is -2.48. The molecule has 3 rings (SSSR count). The number of nitro groups is 1. The van der Waals surface area contributed by atoms with Gasteiger partial charge in [0.15, 0.2) is 10.9 Å². The molecule has 0 saturated heterocycles. The minimum absolute atomic E-state index is 0.238. The Morgan fingerprint density at radius 2 is 1.90 bits per heavy atom. The van der Waals surface area contributed by atoms with Crippen molar-refractivity contribution in [1.82, 2.24) is 5.32 Å². The maximum absolute atomic E-state index is 12.6. The molecule has 0 radical (unpaired) electrons. The van der Waals surface area contributed by atoms with E-state index in [4.69, 9.17) is 21.7 Å². The van der Waals surface area contributed by atoms with Crippen LogP contribution in [-0.2, 0) is 9.53 Å². The van der Waals surface area contributed by atoms with E-state index in [1.807, 2.05) is 0 Å². The number of thiocarbonyl (C=S) groups is 1. The number of rotatable bonds is 5. The summed E-state index contributed by atoms with van der Waals surface area (Å²) in [4.78, 5) is 24.8. The van der Waals surface area contributed by atoms with Gasteiger partial charge in [-0.2, -0.15) is 0 Å². The van der Waals surface area contributed by atoms with Crippen molar-refractivity contribution in [2.24, 2.45) is 0 Å².